The third-order valence-electron chi connectivity index (χ3n) is 4.80. The van der Waals surface area contributed by atoms with Crippen LogP contribution in [0.2, 0.25) is 0 Å². The molecule has 0 aliphatic heterocycles. The van der Waals surface area contributed by atoms with Crippen LogP contribution in [-0.4, -0.2) is 64.8 Å². The van der Waals surface area contributed by atoms with Crippen LogP contribution in [0.3, 0.4) is 0 Å². The van der Waals surface area contributed by atoms with E-state index in [1.54, 1.807) is 0 Å². The van der Waals surface area contributed by atoms with Gasteiger partial charge in [0.2, 0.25) is 0 Å². The summed E-state index contributed by atoms with van der Waals surface area (Å²) in [6.45, 7) is 10.1. The average molecular weight is 472 g/mol. The highest BCUT2D eigenvalue weighted by Crippen LogP contribution is 2.23. The first-order valence-electron chi connectivity index (χ1n) is 8.89. The van der Waals surface area contributed by atoms with Gasteiger partial charge in [-0.25, -0.2) is 0 Å². The van der Waals surface area contributed by atoms with Crippen molar-refractivity contribution < 1.29 is 4.21 Å². The number of rotatable bonds is 7. The van der Waals surface area contributed by atoms with Crippen LogP contribution in [-0.2, 0) is 10.8 Å². The molecule has 0 aromatic heterocycles. The largest absolute Gasteiger partial charge is 0.357 e. The second-order valence-corrected chi connectivity index (χ2v) is 9.21. The second-order valence-electron chi connectivity index (χ2n) is 7.20. The molecular formula is C17H37IN4OS. The summed E-state index contributed by atoms with van der Waals surface area (Å²) < 4.78 is 12.1. The maximum Gasteiger partial charge on any atom is 0.191 e. The number of nitrogens with one attached hydrogen (secondary N) is 2. The van der Waals surface area contributed by atoms with E-state index in [-0.39, 0.29) is 29.5 Å². The maximum atomic E-state index is 12.1. The molecule has 0 aromatic carbocycles. The highest BCUT2D eigenvalue weighted by atomic mass is 127. The number of nitrogens with zero attached hydrogens (tertiary/aromatic N) is 2. The summed E-state index contributed by atoms with van der Waals surface area (Å²) in [5, 5.41) is 7.25. The minimum Gasteiger partial charge on any atom is -0.357 e. The fourth-order valence-electron chi connectivity index (χ4n) is 2.68. The molecule has 1 rings (SSSR count). The molecule has 1 aliphatic rings. The van der Waals surface area contributed by atoms with E-state index in [0.29, 0.717) is 11.3 Å². The minimum absolute atomic E-state index is 0. The Morgan fingerprint density at radius 1 is 1.29 bits per heavy atom. The lowest BCUT2D eigenvalue weighted by molar-refractivity contribution is 0.204. The first-order valence-corrected chi connectivity index (χ1v) is 10.3. The Balaban J connectivity index is 0.00000529. The molecule has 144 valence electrons. The number of hydrogen-bond acceptors (Lipinski definition) is 3. The van der Waals surface area contributed by atoms with Gasteiger partial charge in [0.05, 0.1) is 6.54 Å². The van der Waals surface area contributed by atoms with E-state index in [4.69, 9.17) is 4.99 Å². The van der Waals surface area contributed by atoms with Crippen LogP contribution in [0.1, 0.15) is 53.4 Å². The molecule has 3 atom stereocenters. The Morgan fingerprint density at radius 3 is 2.50 bits per heavy atom. The van der Waals surface area contributed by atoms with Gasteiger partial charge in [-0.2, -0.15) is 0 Å². The van der Waals surface area contributed by atoms with Gasteiger partial charge < -0.3 is 15.5 Å². The Kier molecular flexibility index (Phi) is 11.7. The minimum atomic E-state index is -0.684. The lowest BCUT2D eigenvalue weighted by Gasteiger charge is -2.32. The normalized spacial score (nSPS) is 23.5. The van der Waals surface area contributed by atoms with E-state index in [1.165, 1.54) is 0 Å². The Morgan fingerprint density at radius 2 is 1.96 bits per heavy atom. The molecule has 0 spiro atoms. The molecule has 0 aromatic rings. The molecule has 1 saturated carbocycles. The molecule has 0 radical (unpaired) electrons. The summed E-state index contributed by atoms with van der Waals surface area (Å²) in [7, 11) is 3.49. The molecule has 3 unspecified atom stereocenters. The molecule has 0 amide bonds. The van der Waals surface area contributed by atoms with Gasteiger partial charge in [0.15, 0.2) is 5.96 Å². The standard InChI is InChI=1S/C17H36N4OS.HI/c1-7-18-16(19-13-17(3,4)21(5)6)20-14-10-9-11-15(12-14)23(22)8-2;/h14-15H,7-13H2,1-6H3,(H2,18,19,20);1H. The van der Waals surface area contributed by atoms with E-state index < -0.39 is 10.8 Å². The monoisotopic (exact) mass is 472 g/mol. The van der Waals surface area contributed by atoms with Gasteiger partial charge in [0, 0.05) is 39.9 Å². The van der Waals surface area contributed by atoms with Crippen molar-refractivity contribution >= 4 is 40.7 Å². The van der Waals surface area contributed by atoms with Crippen LogP contribution >= 0.6 is 24.0 Å². The molecule has 2 N–H and O–H groups in total. The summed E-state index contributed by atoms with van der Waals surface area (Å²) in [6.07, 6.45) is 4.37. The van der Waals surface area contributed by atoms with Gasteiger partial charge in [-0.1, -0.05) is 13.3 Å². The van der Waals surface area contributed by atoms with Crippen molar-refractivity contribution in [1.29, 1.82) is 0 Å². The number of aliphatic imine (C=N–C) groups is 1. The Labute approximate surface area is 168 Å². The zero-order chi connectivity index (χ0) is 17.5. The van der Waals surface area contributed by atoms with E-state index in [0.717, 1.165) is 50.5 Å². The lowest BCUT2D eigenvalue weighted by atomic mass is 9.95. The molecule has 0 saturated heterocycles. The van der Waals surface area contributed by atoms with Crippen molar-refractivity contribution in [3.8, 4) is 0 Å². The van der Waals surface area contributed by atoms with E-state index >= 15 is 0 Å². The smallest absolute Gasteiger partial charge is 0.191 e. The topological polar surface area (TPSA) is 56.7 Å². The van der Waals surface area contributed by atoms with Gasteiger partial charge in [0.1, 0.15) is 0 Å². The maximum absolute atomic E-state index is 12.1. The van der Waals surface area contributed by atoms with Gasteiger partial charge in [-0.15, -0.1) is 24.0 Å². The van der Waals surface area contributed by atoms with E-state index in [1.807, 2.05) is 6.92 Å². The van der Waals surface area contributed by atoms with Gasteiger partial charge >= 0.3 is 0 Å². The van der Waals surface area contributed by atoms with E-state index in [9.17, 15) is 4.21 Å². The number of hydrogen-bond donors (Lipinski definition) is 2. The molecule has 1 fully saturated rings. The number of likely N-dealkylation sites (N-methyl/N-ethyl adjacent to an activating group) is 1. The Hall–Kier alpha value is 0.110. The summed E-state index contributed by atoms with van der Waals surface area (Å²) in [6, 6.07) is 0.379. The van der Waals surface area contributed by atoms with Crippen molar-refractivity contribution in [1.82, 2.24) is 15.5 Å². The second kappa shape index (κ2) is 11.7. The molecule has 0 heterocycles. The van der Waals surface area contributed by atoms with Crippen LogP contribution in [0.4, 0.5) is 0 Å². The molecule has 5 nitrogen and oxygen atoms in total. The average Bonchev–Trinajstić information content (AvgIpc) is 2.52. The molecule has 0 bridgehead atoms. The molecular weight excluding hydrogens is 435 g/mol. The predicted octanol–water partition coefficient (Wildman–Crippen LogP) is 2.58. The number of guanidine groups is 1. The van der Waals surface area contributed by atoms with Crippen molar-refractivity contribution in [2.24, 2.45) is 4.99 Å². The fraction of sp³-hybridized carbons (Fsp3) is 0.941. The van der Waals surface area contributed by atoms with Gasteiger partial charge in [0.25, 0.3) is 0 Å². The van der Waals surface area contributed by atoms with Gasteiger partial charge in [-0.3, -0.25) is 9.20 Å². The molecule has 1 aliphatic carbocycles. The van der Waals surface area contributed by atoms with Crippen molar-refractivity contribution in [3.05, 3.63) is 0 Å². The summed E-state index contributed by atoms with van der Waals surface area (Å²) in [5.74, 6) is 1.65. The van der Waals surface area contributed by atoms with E-state index in [2.05, 4.69) is 50.4 Å². The lowest BCUT2D eigenvalue weighted by Crippen LogP contribution is -2.48. The summed E-state index contributed by atoms with van der Waals surface area (Å²) >= 11 is 0. The van der Waals surface area contributed by atoms with Crippen LogP contribution < -0.4 is 10.6 Å². The highest BCUT2D eigenvalue weighted by molar-refractivity contribution is 14.0. The molecule has 24 heavy (non-hydrogen) atoms. The predicted molar refractivity (Wildman–Crippen MR) is 117 cm³/mol. The van der Waals surface area contributed by atoms with Crippen molar-refractivity contribution in [3.63, 3.8) is 0 Å². The van der Waals surface area contributed by atoms with Crippen molar-refractivity contribution in [2.75, 3.05) is 32.9 Å². The third-order valence-corrected chi connectivity index (χ3v) is 6.54. The van der Waals surface area contributed by atoms with Crippen molar-refractivity contribution in [2.45, 2.75) is 70.2 Å². The first-order chi connectivity index (χ1) is 10.8. The van der Waals surface area contributed by atoms with Crippen LogP contribution in [0, 0.1) is 0 Å². The first kappa shape index (κ1) is 24.1. The van der Waals surface area contributed by atoms with Crippen LogP contribution in [0.25, 0.3) is 0 Å². The molecule has 7 heteroatoms. The summed E-state index contributed by atoms with van der Waals surface area (Å²) in [5.41, 5.74) is 0.0289. The highest BCUT2D eigenvalue weighted by Gasteiger charge is 2.26. The van der Waals surface area contributed by atoms with Crippen LogP contribution in [0.5, 0.6) is 0 Å². The SMILES string of the molecule is CCNC(=NCC(C)(C)N(C)C)NC1CCCC(S(=O)CC)C1.I. The number of halogens is 1. The van der Waals surface area contributed by atoms with Crippen LogP contribution in [0.15, 0.2) is 4.99 Å². The summed E-state index contributed by atoms with van der Waals surface area (Å²) in [4.78, 5) is 6.96. The van der Waals surface area contributed by atoms with Gasteiger partial charge in [-0.05, 0) is 54.1 Å². The zero-order valence-electron chi connectivity index (χ0n) is 16.2. The third kappa shape index (κ3) is 7.99. The Bertz CT molecular complexity index is 415. The quantitative estimate of drug-likeness (QED) is 0.340. The zero-order valence-corrected chi connectivity index (χ0v) is 19.4. The fourth-order valence-corrected chi connectivity index (χ4v) is 4.03.